The number of hydrogen-bond acceptors (Lipinski definition) is 12. The van der Waals surface area contributed by atoms with Crippen molar-refractivity contribution in [3.63, 3.8) is 0 Å². The fourth-order valence-corrected chi connectivity index (χ4v) is 12.5. The van der Waals surface area contributed by atoms with Crippen LogP contribution in [0.25, 0.3) is 0 Å². The normalized spacial score (nSPS) is 12.2. The minimum absolute atomic E-state index is 0.229. The van der Waals surface area contributed by atoms with Gasteiger partial charge in [0.25, 0.3) is 0 Å². The van der Waals surface area contributed by atoms with Gasteiger partial charge in [-0.1, -0.05) is 311 Å². The van der Waals surface area contributed by atoms with Gasteiger partial charge in [-0.05, 0) is 74.9 Å². The predicted molar refractivity (Wildman–Crippen MR) is 406 cm³/mol. The summed E-state index contributed by atoms with van der Waals surface area (Å²) in [5, 5.41) is 0. The predicted octanol–water partition coefficient (Wildman–Crippen LogP) is 25.5. The highest BCUT2D eigenvalue weighted by Gasteiger charge is 2.36. The number of ether oxygens (including phenoxy) is 9. The molecule has 0 N–H and O–H groups in total. The molecule has 3 aromatic rings. The molecule has 1 aliphatic rings. The van der Waals surface area contributed by atoms with Crippen molar-refractivity contribution < 1.29 is 57.0 Å². The molecule has 4 rings (SSSR count). The van der Waals surface area contributed by atoms with Crippen LogP contribution in [0, 0.1) is 0 Å². The lowest BCUT2D eigenvalue weighted by atomic mass is 10.1. The van der Waals surface area contributed by atoms with Crippen LogP contribution >= 0.6 is 0 Å². The number of carbonyl (C=O) groups is 3. The molecule has 0 radical (unpaired) electrons. The number of nitrogens with zero attached hydrogens (tertiary/aromatic N) is 3. The highest BCUT2D eigenvalue weighted by atomic mass is 16.6. The monoisotopic (exact) mass is 1380 g/mol. The Morgan fingerprint density at radius 2 is 0.394 bits per heavy atom. The van der Waals surface area contributed by atoms with Gasteiger partial charge in [-0.3, -0.25) is 14.7 Å². The Kier molecular flexibility index (Phi) is 50.9. The van der Waals surface area contributed by atoms with E-state index in [1.807, 2.05) is 0 Å². The summed E-state index contributed by atoms with van der Waals surface area (Å²) in [5.74, 6) is 3.94. The van der Waals surface area contributed by atoms with E-state index in [-0.39, 0.29) is 37.3 Å². The van der Waals surface area contributed by atoms with Crippen molar-refractivity contribution in [1.82, 2.24) is 14.7 Å². The van der Waals surface area contributed by atoms with E-state index in [4.69, 9.17) is 42.6 Å². The minimum atomic E-state index is -0.795. The third kappa shape index (κ3) is 41.1. The average Bonchev–Trinajstić information content (AvgIpc) is 0.821. The molecule has 0 spiro atoms. The topological polar surface area (TPSA) is 144 Å². The van der Waals surface area contributed by atoms with Crippen LogP contribution in [0.3, 0.4) is 0 Å². The quantitative estimate of drug-likeness (QED) is 0.0496. The van der Waals surface area contributed by atoms with Crippen molar-refractivity contribution in [2.75, 3.05) is 59.6 Å². The van der Waals surface area contributed by atoms with Crippen LogP contribution in [0.5, 0.6) is 51.7 Å². The van der Waals surface area contributed by atoms with E-state index < -0.39 is 18.3 Å². The van der Waals surface area contributed by atoms with Crippen LogP contribution in [0.2, 0.25) is 0 Å². The molecule has 1 fully saturated rings. The van der Waals surface area contributed by atoms with Crippen LogP contribution in [0.4, 0.5) is 14.4 Å². The van der Waals surface area contributed by atoms with E-state index in [0.717, 1.165) is 96.3 Å². The lowest BCUT2D eigenvalue weighted by molar-refractivity contribution is 0.00252. The number of hydrogen-bond donors (Lipinski definition) is 0. The molecule has 0 aromatic heterocycles. The Morgan fingerprint density at radius 3 is 0.576 bits per heavy atom. The van der Waals surface area contributed by atoms with E-state index >= 15 is 0 Å². The van der Waals surface area contributed by atoms with Gasteiger partial charge in [0.1, 0.15) is 37.3 Å². The largest absolute Gasteiger partial charge is 0.490 e. The van der Waals surface area contributed by atoms with Gasteiger partial charge >= 0.3 is 18.3 Å². The van der Waals surface area contributed by atoms with Crippen LogP contribution < -0.4 is 42.6 Å². The van der Waals surface area contributed by atoms with Crippen molar-refractivity contribution in [3.8, 4) is 51.7 Å². The summed E-state index contributed by atoms with van der Waals surface area (Å²) in [6, 6.07) is 15.6. The molecule has 15 nitrogen and oxygen atoms in total. The van der Waals surface area contributed by atoms with Crippen molar-refractivity contribution in [3.05, 3.63) is 54.6 Å². The summed E-state index contributed by atoms with van der Waals surface area (Å²) in [4.78, 5) is 47.7. The zero-order valence-corrected chi connectivity index (χ0v) is 63.7. The fraction of sp³-hybridized carbons (Fsp3) is 0.750. The Morgan fingerprint density at radius 1 is 0.232 bits per heavy atom. The van der Waals surface area contributed by atoms with Gasteiger partial charge in [0.2, 0.25) is 0 Å². The summed E-state index contributed by atoms with van der Waals surface area (Å²) >= 11 is 0. The Balaban J connectivity index is 1.59. The molecule has 0 saturated carbocycles. The number of amides is 3. The molecule has 15 heteroatoms. The van der Waals surface area contributed by atoms with Crippen LogP contribution in [-0.2, 0) is 0 Å². The minimum Gasteiger partial charge on any atom is -0.490 e. The number of rotatable bonds is 63. The second kappa shape index (κ2) is 58.9. The van der Waals surface area contributed by atoms with Crippen molar-refractivity contribution in [2.45, 2.75) is 350 Å². The first-order valence-electron chi connectivity index (χ1n) is 40.8. The maximum atomic E-state index is 14.6. The van der Waals surface area contributed by atoms with Crippen molar-refractivity contribution in [2.24, 2.45) is 0 Å². The number of benzene rings is 3. The summed E-state index contributed by atoms with van der Waals surface area (Å²) in [6.45, 7) is 15.8. The Bertz CT molecular complexity index is 2210. The molecule has 0 aliphatic carbocycles. The average molecular weight is 1390 g/mol. The maximum absolute atomic E-state index is 14.6. The zero-order valence-electron chi connectivity index (χ0n) is 63.7. The highest BCUT2D eigenvalue weighted by molar-refractivity contribution is 5.77. The molecule has 1 heterocycles. The lowest BCUT2D eigenvalue weighted by Gasteiger charge is -2.40. The molecule has 0 bridgehead atoms. The third-order valence-electron chi connectivity index (χ3n) is 18.7. The van der Waals surface area contributed by atoms with Crippen molar-refractivity contribution in [1.29, 1.82) is 0 Å². The van der Waals surface area contributed by atoms with Gasteiger partial charge in [-0.25, -0.2) is 14.4 Å². The van der Waals surface area contributed by atoms with Gasteiger partial charge in [0.05, 0.1) is 39.6 Å². The standard InChI is InChI=1S/C84H141N3O12/c1-7-13-19-25-31-37-43-49-61-91-76-58-55-73(67-79(76)94-64-52-46-40-34-28-22-16-10-4)97-82(88)85-70-86(83(89)98-74-56-59-77(92-62-50-44-38-32-26-20-14-8-2)80(68-74)95-65-53-47-41-35-29-23-17-11-5)72-87(71-85)84(90)99-75-57-60-78(93-63-51-45-39-33-27-21-15-9-3)81(69-75)96-66-54-48-42-36-30-24-18-12-6/h55-60,67-69H,7-54,61-66,70-72H2,1-6H3. The summed E-state index contributed by atoms with van der Waals surface area (Å²) in [6.07, 6.45) is 54.3. The van der Waals surface area contributed by atoms with E-state index in [1.54, 1.807) is 54.6 Å². The van der Waals surface area contributed by atoms with Gasteiger partial charge in [0, 0.05) is 18.2 Å². The van der Waals surface area contributed by atoms with Gasteiger partial charge in [-0.2, -0.15) is 0 Å². The summed E-state index contributed by atoms with van der Waals surface area (Å²) in [7, 11) is 0. The molecule has 3 amide bonds. The summed E-state index contributed by atoms with van der Waals surface area (Å²) in [5.41, 5.74) is 0. The fourth-order valence-electron chi connectivity index (χ4n) is 12.5. The second-order valence-electron chi connectivity index (χ2n) is 27.9. The third-order valence-corrected chi connectivity index (χ3v) is 18.7. The van der Waals surface area contributed by atoms with Gasteiger partial charge in [-0.15, -0.1) is 0 Å². The number of carbonyl (C=O) groups excluding carboxylic acids is 3. The highest BCUT2D eigenvalue weighted by Crippen LogP contribution is 2.36. The smallest absolute Gasteiger partial charge is 0.418 e. The molecule has 0 atom stereocenters. The van der Waals surface area contributed by atoms with E-state index in [9.17, 15) is 14.4 Å². The van der Waals surface area contributed by atoms with Gasteiger partial charge < -0.3 is 42.6 Å². The van der Waals surface area contributed by atoms with Crippen LogP contribution in [0.1, 0.15) is 350 Å². The Hall–Kier alpha value is -5.73. The van der Waals surface area contributed by atoms with Crippen LogP contribution in [0.15, 0.2) is 54.6 Å². The molecule has 99 heavy (non-hydrogen) atoms. The van der Waals surface area contributed by atoms with E-state index in [2.05, 4.69) is 41.5 Å². The lowest BCUT2D eigenvalue weighted by Crippen LogP contribution is -2.60. The van der Waals surface area contributed by atoms with E-state index in [0.29, 0.717) is 74.1 Å². The Labute approximate surface area is 602 Å². The molecule has 0 unspecified atom stereocenters. The van der Waals surface area contributed by atoms with Crippen molar-refractivity contribution >= 4 is 18.3 Å². The molecule has 564 valence electrons. The van der Waals surface area contributed by atoms with Crippen LogP contribution in [-0.4, -0.2) is 92.6 Å². The number of unbranched alkanes of at least 4 members (excludes halogenated alkanes) is 42. The SMILES string of the molecule is CCCCCCCCCCOc1ccc(OC(=O)N2CN(C(=O)Oc3ccc(OCCCCCCCCCC)c(OCCCCCCCCCC)c3)CN(C(=O)Oc3ccc(OCCCCCCCCCC)c(OCCCCCCCCCC)c3)C2)cc1OCCCCCCCCCC. The van der Waals surface area contributed by atoms with E-state index in [1.165, 1.54) is 227 Å². The van der Waals surface area contributed by atoms with Gasteiger partial charge in [0.15, 0.2) is 34.5 Å². The first-order chi connectivity index (χ1) is 48.7. The first kappa shape index (κ1) is 85.7. The molecule has 3 aromatic carbocycles. The molecule has 1 saturated heterocycles. The zero-order chi connectivity index (χ0) is 70.7. The first-order valence-corrected chi connectivity index (χ1v) is 40.8. The maximum Gasteiger partial charge on any atom is 0.418 e. The summed E-state index contributed by atoms with van der Waals surface area (Å²) < 4.78 is 56.7. The molecular weight excluding hydrogens is 1240 g/mol. The molecular formula is C84H141N3O12. The molecule has 1 aliphatic heterocycles. The second-order valence-corrected chi connectivity index (χ2v) is 27.9.